The van der Waals surface area contributed by atoms with Gasteiger partial charge in [0.25, 0.3) is 0 Å². The molecule has 1 aromatic rings. The maximum absolute atomic E-state index is 10.9. The molecule has 1 heterocycles. The summed E-state index contributed by atoms with van der Waals surface area (Å²) in [5.41, 5.74) is 1.41. The molecule has 5 heteroatoms. The Balaban J connectivity index is 2.43. The molecule has 0 aromatic heterocycles. The number of fused-ring (bicyclic) bond motifs is 1. The molecule has 0 bridgehead atoms. The minimum atomic E-state index is -0.908. The first-order valence-electron chi connectivity index (χ1n) is 4.85. The highest BCUT2D eigenvalue weighted by molar-refractivity contribution is 6.31. The van der Waals surface area contributed by atoms with Crippen LogP contribution in [0.4, 0.5) is 0 Å². The fourth-order valence-corrected chi connectivity index (χ4v) is 1.93. The zero-order chi connectivity index (χ0) is 11.7. The first kappa shape index (κ1) is 11.2. The maximum atomic E-state index is 10.9. The summed E-state index contributed by atoms with van der Waals surface area (Å²) in [7, 11) is 0. The summed E-state index contributed by atoms with van der Waals surface area (Å²) >= 11 is 6.03. The van der Waals surface area contributed by atoms with E-state index in [9.17, 15) is 4.79 Å². The molecule has 1 aromatic carbocycles. The van der Waals surface area contributed by atoms with Crippen molar-refractivity contribution in [3.63, 3.8) is 0 Å². The van der Waals surface area contributed by atoms with Crippen molar-refractivity contribution in [1.82, 2.24) is 0 Å². The molecule has 1 atom stereocenters. The van der Waals surface area contributed by atoms with E-state index in [1.165, 1.54) is 0 Å². The molecule has 0 aliphatic carbocycles. The molecule has 1 aliphatic rings. The molecule has 1 N–H and O–H groups in total. The smallest absolute Gasteiger partial charge is 0.310 e. The SMILES string of the molecule is CC(C(=O)O)c1cc2c(cc1Cl)COCO2. The minimum absolute atomic E-state index is 0.190. The molecule has 0 radical (unpaired) electrons. The summed E-state index contributed by atoms with van der Waals surface area (Å²) in [5.74, 6) is -0.906. The molecule has 0 amide bonds. The van der Waals surface area contributed by atoms with E-state index >= 15 is 0 Å². The summed E-state index contributed by atoms with van der Waals surface area (Å²) in [6.07, 6.45) is 0. The van der Waals surface area contributed by atoms with Gasteiger partial charge < -0.3 is 14.6 Å². The molecule has 0 spiro atoms. The third-order valence-corrected chi connectivity index (χ3v) is 2.90. The zero-order valence-corrected chi connectivity index (χ0v) is 9.45. The Morgan fingerprint density at radius 1 is 1.56 bits per heavy atom. The van der Waals surface area contributed by atoms with Crippen LogP contribution in [-0.4, -0.2) is 17.9 Å². The van der Waals surface area contributed by atoms with Gasteiger partial charge in [0.15, 0.2) is 6.79 Å². The second-order valence-corrected chi connectivity index (χ2v) is 4.06. The van der Waals surface area contributed by atoms with E-state index in [2.05, 4.69) is 0 Å². The van der Waals surface area contributed by atoms with Crippen LogP contribution in [0.3, 0.4) is 0 Å². The van der Waals surface area contributed by atoms with Crippen LogP contribution >= 0.6 is 11.6 Å². The predicted octanol–water partition coefficient (Wildman–Crippen LogP) is 2.39. The lowest BCUT2D eigenvalue weighted by molar-refractivity contribution is -0.138. The van der Waals surface area contributed by atoms with Crippen molar-refractivity contribution in [2.24, 2.45) is 0 Å². The van der Waals surface area contributed by atoms with Crippen molar-refractivity contribution in [3.05, 3.63) is 28.3 Å². The lowest BCUT2D eigenvalue weighted by atomic mass is 9.99. The van der Waals surface area contributed by atoms with Crippen LogP contribution in [-0.2, 0) is 16.1 Å². The van der Waals surface area contributed by atoms with Gasteiger partial charge in [0, 0.05) is 10.6 Å². The van der Waals surface area contributed by atoms with Gasteiger partial charge in [-0.25, -0.2) is 0 Å². The first-order chi connectivity index (χ1) is 7.59. The van der Waals surface area contributed by atoms with Crippen molar-refractivity contribution >= 4 is 17.6 Å². The number of benzene rings is 1. The quantitative estimate of drug-likeness (QED) is 0.865. The van der Waals surface area contributed by atoms with Gasteiger partial charge in [-0.1, -0.05) is 11.6 Å². The van der Waals surface area contributed by atoms with E-state index < -0.39 is 11.9 Å². The second-order valence-electron chi connectivity index (χ2n) is 3.65. The number of ether oxygens (including phenoxy) is 2. The van der Waals surface area contributed by atoms with Crippen LogP contribution in [0.5, 0.6) is 5.75 Å². The third-order valence-electron chi connectivity index (χ3n) is 2.57. The molecule has 16 heavy (non-hydrogen) atoms. The van der Waals surface area contributed by atoms with Gasteiger partial charge in [0.05, 0.1) is 12.5 Å². The fourth-order valence-electron chi connectivity index (χ4n) is 1.58. The Hall–Kier alpha value is -1.26. The van der Waals surface area contributed by atoms with Gasteiger partial charge >= 0.3 is 5.97 Å². The molecular weight excluding hydrogens is 232 g/mol. The van der Waals surface area contributed by atoms with Gasteiger partial charge in [-0.2, -0.15) is 0 Å². The molecule has 1 unspecified atom stereocenters. The Bertz CT molecular complexity index is 430. The average molecular weight is 243 g/mol. The van der Waals surface area contributed by atoms with E-state index in [0.717, 1.165) is 5.56 Å². The maximum Gasteiger partial charge on any atom is 0.310 e. The lowest BCUT2D eigenvalue weighted by Crippen LogP contribution is -2.14. The van der Waals surface area contributed by atoms with Crippen LogP contribution in [0.1, 0.15) is 24.0 Å². The molecule has 0 saturated carbocycles. The molecule has 2 rings (SSSR count). The van der Waals surface area contributed by atoms with E-state index in [-0.39, 0.29) is 6.79 Å². The van der Waals surface area contributed by atoms with Crippen LogP contribution in [0.25, 0.3) is 0 Å². The topological polar surface area (TPSA) is 55.8 Å². The number of halogens is 1. The van der Waals surface area contributed by atoms with E-state index in [1.807, 2.05) is 0 Å². The van der Waals surface area contributed by atoms with Crippen molar-refractivity contribution in [3.8, 4) is 5.75 Å². The van der Waals surface area contributed by atoms with Gasteiger partial charge in [0.2, 0.25) is 0 Å². The van der Waals surface area contributed by atoms with E-state index in [0.29, 0.717) is 22.9 Å². The van der Waals surface area contributed by atoms with Crippen molar-refractivity contribution < 1.29 is 19.4 Å². The summed E-state index contributed by atoms with van der Waals surface area (Å²) < 4.78 is 10.4. The first-order valence-corrected chi connectivity index (χ1v) is 5.23. The number of carboxylic acids is 1. The number of carboxylic acid groups (broad SMARTS) is 1. The number of hydrogen-bond donors (Lipinski definition) is 1. The average Bonchev–Trinajstić information content (AvgIpc) is 2.27. The number of rotatable bonds is 2. The van der Waals surface area contributed by atoms with Crippen LogP contribution in [0, 0.1) is 0 Å². The Morgan fingerprint density at radius 2 is 2.31 bits per heavy atom. The highest BCUT2D eigenvalue weighted by Crippen LogP contribution is 2.33. The van der Waals surface area contributed by atoms with E-state index in [4.69, 9.17) is 26.2 Å². The van der Waals surface area contributed by atoms with Gasteiger partial charge in [-0.05, 0) is 24.6 Å². The normalized spacial score (nSPS) is 16.1. The predicted molar refractivity (Wildman–Crippen MR) is 57.8 cm³/mol. The zero-order valence-electron chi connectivity index (χ0n) is 8.70. The van der Waals surface area contributed by atoms with Gasteiger partial charge in [-0.3, -0.25) is 4.79 Å². The summed E-state index contributed by atoms with van der Waals surface area (Å²) in [6.45, 7) is 2.22. The Morgan fingerprint density at radius 3 is 3.00 bits per heavy atom. The van der Waals surface area contributed by atoms with Crippen molar-refractivity contribution in [2.45, 2.75) is 19.4 Å². The number of aliphatic carboxylic acids is 1. The highest BCUT2D eigenvalue weighted by Gasteiger charge is 2.21. The summed E-state index contributed by atoms with van der Waals surface area (Å²) in [4.78, 5) is 10.9. The monoisotopic (exact) mass is 242 g/mol. The van der Waals surface area contributed by atoms with E-state index in [1.54, 1.807) is 19.1 Å². The molecule has 1 aliphatic heterocycles. The Labute approximate surface area is 97.7 Å². The fraction of sp³-hybridized carbons (Fsp3) is 0.364. The molecule has 4 nitrogen and oxygen atoms in total. The van der Waals surface area contributed by atoms with Crippen molar-refractivity contribution in [2.75, 3.05) is 6.79 Å². The van der Waals surface area contributed by atoms with Crippen LogP contribution in [0.15, 0.2) is 12.1 Å². The number of hydrogen-bond acceptors (Lipinski definition) is 3. The van der Waals surface area contributed by atoms with Crippen LogP contribution < -0.4 is 4.74 Å². The van der Waals surface area contributed by atoms with Crippen molar-refractivity contribution in [1.29, 1.82) is 0 Å². The summed E-state index contributed by atoms with van der Waals surface area (Å²) in [6, 6.07) is 3.38. The Kier molecular flexibility index (Phi) is 3.03. The molecule has 0 saturated heterocycles. The third kappa shape index (κ3) is 1.99. The minimum Gasteiger partial charge on any atom is -0.481 e. The molecule has 0 fully saturated rings. The second kappa shape index (κ2) is 4.31. The highest BCUT2D eigenvalue weighted by atomic mass is 35.5. The summed E-state index contributed by atoms with van der Waals surface area (Å²) in [5, 5.41) is 9.37. The standard InChI is InChI=1S/C11H11ClO4/c1-6(11(13)14)8-3-10-7(2-9(8)12)4-15-5-16-10/h2-3,6H,4-5H2,1H3,(H,13,14). The lowest BCUT2D eigenvalue weighted by Gasteiger charge is -2.20. The van der Waals surface area contributed by atoms with Gasteiger partial charge in [-0.15, -0.1) is 0 Å². The molecular formula is C11H11ClO4. The van der Waals surface area contributed by atoms with Crippen LogP contribution in [0.2, 0.25) is 5.02 Å². The van der Waals surface area contributed by atoms with Gasteiger partial charge in [0.1, 0.15) is 5.75 Å². The largest absolute Gasteiger partial charge is 0.481 e. The molecule has 86 valence electrons. The number of carbonyl (C=O) groups is 1.